The Balaban J connectivity index is 2.06. The highest BCUT2D eigenvalue weighted by Crippen LogP contribution is 2.67. The molecule has 4 heteroatoms. The van der Waals surface area contributed by atoms with Gasteiger partial charge in [0.1, 0.15) is 4.08 Å². The monoisotopic (exact) mass is 310 g/mol. The molecular weight excluding hydrogens is 288 g/mol. The Morgan fingerprint density at radius 1 is 1.35 bits per heavy atom. The van der Waals surface area contributed by atoms with Gasteiger partial charge in [0.25, 0.3) is 0 Å². The zero-order valence-corrected chi connectivity index (χ0v) is 13.9. The molecule has 0 radical (unpaired) electrons. The Morgan fingerprint density at radius 3 is 2.65 bits per heavy atom. The van der Waals surface area contributed by atoms with E-state index in [2.05, 4.69) is 37.6 Å². The van der Waals surface area contributed by atoms with Crippen LogP contribution < -0.4 is 0 Å². The molecule has 1 aromatic carbocycles. The molecule has 1 aliphatic carbocycles. The minimum absolute atomic E-state index is 0.00763. The second kappa shape index (κ2) is 5.24. The van der Waals surface area contributed by atoms with Crippen LogP contribution in [0.15, 0.2) is 18.2 Å². The van der Waals surface area contributed by atoms with Crippen LogP contribution in [0.4, 0.5) is 0 Å². The van der Waals surface area contributed by atoms with Gasteiger partial charge in [0, 0.05) is 13.0 Å². The fourth-order valence-corrected chi connectivity index (χ4v) is 6.26. The molecule has 3 aliphatic rings. The number of rotatable bonds is 5. The normalized spacial score (nSPS) is 29.7. The Bertz CT molecular complexity index is 505. The number of hydrogen-bond donors (Lipinski definition) is 1. The van der Waals surface area contributed by atoms with Crippen molar-refractivity contribution in [2.45, 2.75) is 42.0 Å². The number of hydrogen-bond acceptors (Lipinski definition) is 4. The predicted octanol–water partition coefficient (Wildman–Crippen LogP) is 3.72. The van der Waals surface area contributed by atoms with E-state index in [-0.39, 0.29) is 22.4 Å². The maximum absolute atomic E-state index is 9.02. The smallest absolute Gasteiger partial charge is 0.115 e. The van der Waals surface area contributed by atoms with Gasteiger partial charge in [-0.3, -0.25) is 0 Å². The summed E-state index contributed by atoms with van der Waals surface area (Å²) in [6, 6.07) is 6.79. The average molecular weight is 310 g/mol. The number of aliphatic hydroxyl groups is 1. The summed E-state index contributed by atoms with van der Waals surface area (Å²) in [5, 5.41) is 9.02. The van der Waals surface area contributed by atoms with Gasteiger partial charge < -0.3 is 9.84 Å². The van der Waals surface area contributed by atoms with Gasteiger partial charge >= 0.3 is 0 Å². The van der Waals surface area contributed by atoms with E-state index in [9.17, 15) is 0 Å². The molecule has 2 heterocycles. The van der Waals surface area contributed by atoms with Gasteiger partial charge in [-0.2, -0.15) is 0 Å². The third-order valence-corrected chi connectivity index (χ3v) is 8.14. The summed E-state index contributed by atoms with van der Waals surface area (Å²) in [6.45, 7) is 2.51. The van der Waals surface area contributed by atoms with Crippen molar-refractivity contribution in [1.82, 2.24) is 0 Å². The van der Waals surface area contributed by atoms with Gasteiger partial charge in [-0.25, -0.2) is 0 Å². The fraction of sp³-hybridized carbons (Fsp3) is 0.625. The maximum atomic E-state index is 9.02. The van der Waals surface area contributed by atoms with Crippen LogP contribution >= 0.6 is 23.5 Å². The van der Waals surface area contributed by atoms with E-state index in [1.165, 1.54) is 16.7 Å². The van der Waals surface area contributed by atoms with Gasteiger partial charge in [-0.15, -0.1) is 23.5 Å². The fourth-order valence-electron chi connectivity index (χ4n) is 3.67. The van der Waals surface area contributed by atoms with Crippen molar-refractivity contribution in [3.8, 4) is 0 Å². The molecule has 0 amide bonds. The lowest BCUT2D eigenvalue weighted by Crippen LogP contribution is -2.60. The van der Waals surface area contributed by atoms with Crippen molar-refractivity contribution in [2.24, 2.45) is 0 Å². The molecule has 2 bridgehead atoms. The minimum Gasteiger partial charge on any atom is -0.396 e. The molecule has 1 N–H and O–H groups in total. The van der Waals surface area contributed by atoms with Crippen LogP contribution in [-0.4, -0.2) is 29.8 Å². The standard InChI is InChI=1S/C16H22O2S2/c1-15-10-14(18-15)12-7-6-11(5-4-8-17)9-13(12)16(15,19-2)20-3/h6-7,9,14,17H,4-5,8,10H2,1-3H3. The highest BCUT2D eigenvalue weighted by molar-refractivity contribution is 8.17. The quantitative estimate of drug-likeness (QED) is 0.839. The summed E-state index contributed by atoms with van der Waals surface area (Å²) >= 11 is 3.80. The first-order valence-electron chi connectivity index (χ1n) is 7.12. The van der Waals surface area contributed by atoms with E-state index in [0.717, 1.165) is 19.3 Å². The topological polar surface area (TPSA) is 29.5 Å². The summed E-state index contributed by atoms with van der Waals surface area (Å²) in [5.74, 6) is 0. The van der Waals surface area contributed by atoms with Crippen molar-refractivity contribution < 1.29 is 9.84 Å². The van der Waals surface area contributed by atoms with Crippen LogP contribution in [0.25, 0.3) is 0 Å². The van der Waals surface area contributed by atoms with Crippen LogP contribution in [0, 0.1) is 0 Å². The van der Waals surface area contributed by atoms with Crippen molar-refractivity contribution in [2.75, 3.05) is 19.1 Å². The van der Waals surface area contributed by atoms with E-state index < -0.39 is 0 Å². The summed E-state index contributed by atoms with van der Waals surface area (Å²) in [7, 11) is 0. The molecule has 0 spiro atoms. The van der Waals surface area contributed by atoms with Crippen molar-refractivity contribution in [1.29, 1.82) is 0 Å². The summed E-state index contributed by atoms with van der Waals surface area (Å²) < 4.78 is 6.22. The lowest BCUT2D eigenvalue weighted by Gasteiger charge is -2.61. The number of aliphatic hydroxyl groups excluding tert-OH is 1. The third-order valence-electron chi connectivity index (χ3n) is 4.69. The van der Waals surface area contributed by atoms with Crippen LogP contribution in [-0.2, 0) is 15.2 Å². The molecule has 2 aliphatic heterocycles. The molecule has 0 aromatic heterocycles. The van der Waals surface area contributed by atoms with Gasteiger partial charge in [0.2, 0.25) is 0 Å². The molecular formula is C16H22O2S2. The highest BCUT2D eigenvalue weighted by Gasteiger charge is 2.63. The highest BCUT2D eigenvalue weighted by atomic mass is 32.2. The second-order valence-corrected chi connectivity index (χ2v) is 8.11. The van der Waals surface area contributed by atoms with Gasteiger partial charge in [-0.05, 0) is 49.0 Å². The Kier molecular flexibility index (Phi) is 3.87. The molecule has 0 saturated carbocycles. The third kappa shape index (κ3) is 1.88. The SMILES string of the molecule is CSC1(SC)c2cc(CCCO)ccc2C2CC1(C)O2. The number of aryl methyl sites for hydroxylation is 1. The summed E-state index contributed by atoms with van der Waals surface area (Å²) in [4.78, 5) is 0. The molecule has 2 unspecified atom stereocenters. The Hall–Kier alpha value is -0.160. The van der Waals surface area contributed by atoms with Crippen LogP contribution in [0.1, 0.15) is 42.6 Å². The van der Waals surface area contributed by atoms with Gasteiger partial charge in [-0.1, -0.05) is 18.2 Å². The number of thioether (sulfide) groups is 2. The minimum atomic E-state index is -0.0564. The predicted molar refractivity (Wildman–Crippen MR) is 87.4 cm³/mol. The summed E-state index contributed by atoms with van der Waals surface area (Å²) in [6.07, 6.45) is 7.57. The van der Waals surface area contributed by atoms with Gasteiger partial charge in [0.15, 0.2) is 0 Å². The molecule has 20 heavy (non-hydrogen) atoms. The molecule has 1 fully saturated rings. The van der Waals surface area contributed by atoms with E-state index in [1.807, 2.05) is 23.5 Å². The largest absolute Gasteiger partial charge is 0.396 e. The first kappa shape index (κ1) is 14.8. The van der Waals surface area contributed by atoms with Crippen LogP contribution in [0.3, 0.4) is 0 Å². The molecule has 2 atom stereocenters. The van der Waals surface area contributed by atoms with Gasteiger partial charge in [0.05, 0.1) is 11.7 Å². The molecule has 1 saturated heterocycles. The zero-order valence-electron chi connectivity index (χ0n) is 12.3. The van der Waals surface area contributed by atoms with Crippen molar-refractivity contribution >= 4 is 23.5 Å². The van der Waals surface area contributed by atoms with Crippen molar-refractivity contribution in [3.05, 3.63) is 34.9 Å². The maximum Gasteiger partial charge on any atom is 0.115 e. The van der Waals surface area contributed by atoms with E-state index in [1.54, 1.807) is 0 Å². The molecule has 110 valence electrons. The van der Waals surface area contributed by atoms with E-state index in [0.29, 0.717) is 0 Å². The first-order valence-corrected chi connectivity index (χ1v) is 9.57. The molecule has 1 aromatic rings. The zero-order chi connectivity index (χ0) is 14.4. The Morgan fingerprint density at radius 2 is 2.05 bits per heavy atom. The lowest BCUT2D eigenvalue weighted by atomic mass is 9.73. The van der Waals surface area contributed by atoms with Crippen LogP contribution in [0.2, 0.25) is 0 Å². The first-order chi connectivity index (χ1) is 9.60. The summed E-state index contributed by atoms with van der Waals surface area (Å²) in [5.41, 5.74) is 4.08. The van der Waals surface area contributed by atoms with E-state index in [4.69, 9.17) is 9.84 Å². The average Bonchev–Trinajstić information content (AvgIpc) is 2.44. The Labute approximate surface area is 129 Å². The lowest BCUT2D eigenvalue weighted by molar-refractivity contribution is -0.217. The van der Waals surface area contributed by atoms with Crippen molar-refractivity contribution in [3.63, 3.8) is 0 Å². The van der Waals surface area contributed by atoms with E-state index >= 15 is 0 Å². The second-order valence-electron chi connectivity index (χ2n) is 5.82. The number of benzene rings is 1. The number of ether oxygens (including phenoxy) is 1. The van der Waals surface area contributed by atoms with Crippen LogP contribution in [0.5, 0.6) is 0 Å². The molecule has 4 rings (SSSR count). The molecule has 2 nitrogen and oxygen atoms in total.